The molecule has 0 saturated heterocycles. The summed E-state index contributed by atoms with van der Waals surface area (Å²) in [5.41, 5.74) is 4.03. The van der Waals surface area contributed by atoms with Gasteiger partial charge in [0.2, 0.25) is 0 Å². The molecule has 0 unspecified atom stereocenters. The van der Waals surface area contributed by atoms with E-state index in [1.54, 1.807) is 0 Å². The zero-order valence-electron chi connectivity index (χ0n) is 20.0. The quantitative estimate of drug-likeness (QED) is 0.300. The van der Waals surface area contributed by atoms with Gasteiger partial charge in [0, 0.05) is 31.7 Å². The Bertz CT molecular complexity index is 1100. The molecule has 1 aliphatic carbocycles. The second-order valence-electron chi connectivity index (χ2n) is 9.60. The Balaban J connectivity index is 1.59. The van der Waals surface area contributed by atoms with Gasteiger partial charge in [-0.1, -0.05) is 44.2 Å². The van der Waals surface area contributed by atoms with Crippen molar-refractivity contribution in [2.24, 2.45) is 11.8 Å². The average molecular weight is 445 g/mol. The Labute approximate surface area is 197 Å². The first-order chi connectivity index (χ1) is 16.0. The van der Waals surface area contributed by atoms with Crippen molar-refractivity contribution in [3.8, 4) is 0 Å². The highest BCUT2D eigenvalue weighted by molar-refractivity contribution is 5.94. The van der Waals surface area contributed by atoms with Crippen molar-refractivity contribution in [1.82, 2.24) is 19.8 Å². The number of hydrogen-bond donors (Lipinski definition) is 1. The summed E-state index contributed by atoms with van der Waals surface area (Å²) in [7, 11) is 0. The predicted octanol–water partition coefficient (Wildman–Crippen LogP) is 5.41. The van der Waals surface area contributed by atoms with Crippen molar-refractivity contribution in [3.05, 3.63) is 78.1 Å². The van der Waals surface area contributed by atoms with Gasteiger partial charge in [0.05, 0.1) is 17.6 Å². The van der Waals surface area contributed by atoms with E-state index in [4.69, 9.17) is 4.98 Å². The number of hydrogen-bond acceptors (Lipinski definition) is 3. The maximum atomic E-state index is 13.7. The van der Waals surface area contributed by atoms with E-state index in [9.17, 15) is 4.79 Å². The maximum Gasteiger partial charge on any atom is 0.254 e. The Morgan fingerprint density at radius 2 is 2.06 bits per heavy atom. The number of amides is 1. The molecule has 1 aliphatic rings. The summed E-state index contributed by atoms with van der Waals surface area (Å²) in [5, 5.41) is 3.32. The Hall–Kier alpha value is -2.92. The van der Waals surface area contributed by atoms with Gasteiger partial charge in [-0.15, -0.1) is 6.58 Å². The van der Waals surface area contributed by atoms with Crippen LogP contribution in [0.25, 0.3) is 11.0 Å². The van der Waals surface area contributed by atoms with Crippen LogP contribution in [0.4, 0.5) is 0 Å². The summed E-state index contributed by atoms with van der Waals surface area (Å²) in [4.78, 5) is 20.6. The van der Waals surface area contributed by atoms with Crippen molar-refractivity contribution in [2.75, 3.05) is 13.1 Å². The van der Waals surface area contributed by atoms with Crippen molar-refractivity contribution in [2.45, 2.75) is 52.7 Å². The van der Waals surface area contributed by atoms with Crippen LogP contribution in [0.3, 0.4) is 0 Å². The third-order valence-corrected chi connectivity index (χ3v) is 6.26. The smallest absolute Gasteiger partial charge is 0.254 e. The number of rotatable bonds is 12. The Kier molecular flexibility index (Phi) is 7.61. The van der Waals surface area contributed by atoms with Crippen LogP contribution in [0.5, 0.6) is 0 Å². The van der Waals surface area contributed by atoms with E-state index >= 15 is 0 Å². The number of aromatic nitrogens is 2. The minimum Gasteiger partial charge on any atom is -0.331 e. The molecule has 33 heavy (non-hydrogen) atoms. The molecule has 0 bridgehead atoms. The summed E-state index contributed by atoms with van der Waals surface area (Å²) in [6.07, 6.45) is 5.38. The highest BCUT2D eigenvalue weighted by Crippen LogP contribution is 2.32. The van der Waals surface area contributed by atoms with E-state index in [-0.39, 0.29) is 5.91 Å². The third kappa shape index (κ3) is 6.11. The van der Waals surface area contributed by atoms with E-state index in [0.717, 1.165) is 61.0 Å². The van der Waals surface area contributed by atoms with Gasteiger partial charge >= 0.3 is 0 Å². The third-order valence-electron chi connectivity index (χ3n) is 6.26. The molecule has 0 radical (unpaired) electrons. The molecule has 0 spiro atoms. The molecule has 1 saturated carbocycles. The van der Waals surface area contributed by atoms with Crippen LogP contribution in [-0.2, 0) is 19.6 Å². The van der Waals surface area contributed by atoms with Gasteiger partial charge in [-0.2, -0.15) is 0 Å². The molecule has 0 aliphatic heterocycles. The molecule has 5 heteroatoms. The highest BCUT2D eigenvalue weighted by atomic mass is 16.2. The zero-order chi connectivity index (χ0) is 23.2. The van der Waals surface area contributed by atoms with E-state index in [2.05, 4.69) is 54.6 Å². The van der Waals surface area contributed by atoms with Gasteiger partial charge in [-0.25, -0.2) is 4.98 Å². The van der Waals surface area contributed by atoms with E-state index < -0.39 is 0 Å². The van der Waals surface area contributed by atoms with Crippen LogP contribution in [0.1, 0.15) is 54.9 Å². The molecule has 1 amide bonds. The molecule has 1 heterocycles. The molecule has 2 aromatic carbocycles. The first-order valence-corrected chi connectivity index (χ1v) is 12.2. The summed E-state index contributed by atoms with van der Waals surface area (Å²) in [5.74, 6) is 2.33. The largest absolute Gasteiger partial charge is 0.331 e. The summed E-state index contributed by atoms with van der Waals surface area (Å²) >= 11 is 0. The van der Waals surface area contributed by atoms with Gasteiger partial charge in [-0.3, -0.25) is 4.79 Å². The van der Waals surface area contributed by atoms with Crippen molar-refractivity contribution in [3.63, 3.8) is 0 Å². The first-order valence-electron chi connectivity index (χ1n) is 12.2. The number of imidazole rings is 1. The molecule has 174 valence electrons. The van der Waals surface area contributed by atoms with Gasteiger partial charge < -0.3 is 14.8 Å². The van der Waals surface area contributed by atoms with E-state index in [1.165, 1.54) is 18.4 Å². The summed E-state index contributed by atoms with van der Waals surface area (Å²) in [6, 6.07) is 16.3. The lowest BCUT2D eigenvalue weighted by molar-refractivity contribution is 0.0729. The van der Waals surface area contributed by atoms with Crippen molar-refractivity contribution in [1.29, 1.82) is 0 Å². The van der Waals surface area contributed by atoms with Crippen LogP contribution >= 0.6 is 0 Å². The van der Waals surface area contributed by atoms with Gasteiger partial charge in [-0.05, 0) is 60.9 Å². The molecule has 3 aromatic rings. The topological polar surface area (TPSA) is 50.2 Å². The summed E-state index contributed by atoms with van der Waals surface area (Å²) < 4.78 is 2.35. The van der Waals surface area contributed by atoms with Gasteiger partial charge in [0.1, 0.15) is 5.82 Å². The number of benzene rings is 2. The first kappa shape index (κ1) is 23.2. The van der Waals surface area contributed by atoms with Crippen LogP contribution in [-0.4, -0.2) is 33.4 Å². The lowest BCUT2D eigenvalue weighted by Gasteiger charge is -2.24. The molecular formula is C28H36N4O. The Morgan fingerprint density at radius 3 is 2.82 bits per heavy atom. The highest BCUT2D eigenvalue weighted by Gasteiger charge is 2.26. The average Bonchev–Trinajstić information content (AvgIpc) is 3.57. The van der Waals surface area contributed by atoms with Gasteiger partial charge in [0.25, 0.3) is 5.91 Å². The minimum atomic E-state index is 0.0752. The molecule has 1 fully saturated rings. The van der Waals surface area contributed by atoms with Crippen molar-refractivity contribution >= 4 is 16.9 Å². The summed E-state index contributed by atoms with van der Waals surface area (Å²) in [6.45, 7) is 11.9. The monoisotopic (exact) mass is 444 g/mol. The fourth-order valence-electron chi connectivity index (χ4n) is 4.16. The Morgan fingerprint density at radius 1 is 1.24 bits per heavy atom. The minimum absolute atomic E-state index is 0.0752. The van der Waals surface area contributed by atoms with Crippen LogP contribution in [0, 0.1) is 11.8 Å². The molecule has 0 atom stereocenters. The van der Waals surface area contributed by atoms with Gasteiger partial charge in [0.15, 0.2) is 0 Å². The number of fused-ring (bicyclic) bond motifs is 1. The molecule has 1 aromatic heterocycles. The standard InChI is InChI=1S/C28H36N4O/c1-4-15-29-18-23-8-7-9-24(17-23)28(33)31(16-14-21(2)3)20-27-30-25-10-5-6-11-26(25)32(27)19-22-12-13-22/h4-11,17,21-22,29H,1,12-16,18-20H2,2-3H3. The zero-order valence-corrected chi connectivity index (χ0v) is 20.0. The normalized spacial score (nSPS) is 13.5. The number of para-hydroxylation sites is 2. The second-order valence-corrected chi connectivity index (χ2v) is 9.60. The number of nitrogens with zero attached hydrogens (tertiary/aromatic N) is 3. The van der Waals surface area contributed by atoms with Crippen LogP contribution < -0.4 is 5.32 Å². The maximum absolute atomic E-state index is 13.7. The van der Waals surface area contributed by atoms with E-state index in [0.29, 0.717) is 12.5 Å². The fraction of sp³-hybridized carbons (Fsp3) is 0.429. The lowest BCUT2D eigenvalue weighted by Crippen LogP contribution is -2.33. The number of carbonyl (C=O) groups is 1. The van der Waals surface area contributed by atoms with Crippen LogP contribution in [0.15, 0.2) is 61.2 Å². The molecular weight excluding hydrogens is 408 g/mol. The lowest BCUT2D eigenvalue weighted by atomic mass is 10.1. The number of nitrogens with one attached hydrogen (secondary N) is 1. The molecule has 5 nitrogen and oxygen atoms in total. The SMILES string of the molecule is C=CCNCc1cccc(C(=O)N(CCC(C)C)Cc2nc3ccccc3n2CC2CC2)c1. The fourth-order valence-corrected chi connectivity index (χ4v) is 4.16. The second kappa shape index (κ2) is 10.8. The van der Waals surface area contributed by atoms with E-state index in [1.807, 2.05) is 35.2 Å². The predicted molar refractivity (Wildman–Crippen MR) is 135 cm³/mol. The van der Waals surface area contributed by atoms with Crippen LogP contribution in [0.2, 0.25) is 0 Å². The number of carbonyl (C=O) groups excluding carboxylic acids is 1. The molecule has 4 rings (SSSR count). The molecule has 1 N–H and O–H groups in total. The van der Waals surface area contributed by atoms with Crippen molar-refractivity contribution < 1.29 is 4.79 Å².